The molecule has 2 aromatic carbocycles. The van der Waals surface area contributed by atoms with Crippen molar-refractivity contribution < 1.29 is 9.53 Å². The molecule has 1 heterocycles. The summed E-state index contributed by atoms with van der Waals surface area (Å²) in [5.74, 6) is 0.715. The SMILES string of the molecule is CCc1ccccc1NC(=O)c1cncc(NCCc2ccccc2OC)c1. The Hall–Kier alpha value is -3.34. The zero-order valence-corrected chi connectivity index (χ0v) is 16.2. The summed E-state index contributed by atoms with van der Waals surface area (Å²) in [6.07, 6.45) is 4.97. The number of benzene rings is 2. The highest BCUT2D eigenvalue weighted by Crippen LogP contribution is 2.19. The lowest BCUT2D eigenvalue weighted by Crippen LogP contribution is -2.14. The lowest BCUT2D eigenvalue weighted by atomic mass is 10.1. The molecule has 0 aliphatic rings. The topological polar surface area (TPSA) is 63.2 Å². The highest BCUT2D eigenvalue weighted by atomic mass is 16.5. The number of para-hydroxylation sites is 2. The molecule has 0 bridgehead atoms. The Morgan fingerprint density at radius 2 is 1.79 bits per heavy atom. The van der Waals surface area contributed by atoms with Crippen LogP contribution in [0, 0.1) is 0 Å². The van der Waals surface area contributed by atoms with E-state index in [0.717, 1.165) is 41.1 Å². The van der Waals surface area contributed by atoms with E-state index >= 15 is 0 Å². The molecule has 3 aromatic rings. The molecule has 0 saturated heterocycles. The molecule has 0 atom stereocenters. The van der Waals surface area contributed by atoms with E-state index in [0.29, 0.717) is 12.1 Å². The first-order valence-electron chi connectivity index (χ1n) is 9.41. The third-order valence-corrected chi connectivity index (χ3v) is 4.56. The maximum atomic E-state index is 12.6. The number of methoxy groups -OCH3 is 1. The van der Waals surface area contributed by atoms with Crippen LogP contribution >= 0.6 is 0 Å². The molecular formula is C23H25N3O2. The quantitative estimate of drug-likeness (QED) is 0.606. The molecule has 1 aromatic heterocycles. The first kappa shape index (κ1) is 19.4. The highest BCUT2D eigenvalue weighted by molar-refractivity contribution is 6.04. The largest absolute Gasteiger partial charge is 0.496 e. The van der Waals surface area contributed by atoms with Gasteiger partial charge < -0.3 is 15.4 Å². The van der Waals surface area contributed by atoms with Gasteiger partial charge in [-0.15, -0.1) is 0 Å². The molecule has 1 amide bonds. The van der Waals surface area contributed by atoms with Gasteiger partial charge in [-0.25, -0.2) is 0 Å². The van der Waals surface area contributed by atoms with Gasteiger partial charge in [0.15, 0.2) is 0 Å². The average molecular weight is 375 g/mol. The third-order valence-electron chi connectivity index (χ3n) is 4.56. The van der Waals surface area contributed by atoms with E-state index in [2.05, 4.69) is 22.5 Å². The summed E-state index contributed by atoms with van der Waals surface area (Å²) in [7, 11) is 1.68. The number of pyridine rings is 1. The van der Waals surface area contributed by atoms with Crippen LogP contribution in [0.15, 0.2) is 67.0 Å². The second kappa shape index (κ2) is 9.55. The normalized spacial score (nSPS) is 10.4. The van der Waals surface area contributed by atoms with Crippen LogP contribution in [-0.2, 0) is 12.8 Å². The summed E-state index contributed by atoms with van der Waals surface area (Å²) < 4.78 is 5.38. The van der Waals surface area contributed by atoms with Crippen molar-refractivity contribution >= 4 is 17.3 Å². The Bertz CT molecular complexity index is 940. The van der Waals surface area contributed by atoms with Gasteiger partial charge in [-0.3, -0.25) is 9.78 Å². The fourth-order valence-corrected chi connectivity index (χ4v) is 3.06. The van der Waals surface area contributed by atoms with Gasteiger partial charge in [0.05, 0.1) is 18.4 Å². The third kappa shape index (κ3) is 4.88. The van der Waals surface area contributed by atoms with Gasteiger partial charge in [-0.1, -0.05) is 43.3 Å². The van der Waals surface area contributed by atoms with Crippen molar-refractivity contribution in [3.63, 3.8) is 0 Å². The molecule has 0 fully saturated rings. The Labute approximate surface area is 165 Å². The van der Waals surface area contributed by atoms with Crippen LogP contribution < -0.4 is 15.4 Å². The van der Waals surface area contributed by atoms with Gasteiger partial charge in [-0.2, -0.15) is 0 Å². The maximum Gasteiger partial charge on any atom is 0.257 e. The molecule has 28 heavy (non-hydrogen) atoms. The van der Waals surface area contributed by atoms with E-state index in [4.69, 9.17) is 4.74 Å². The number of hydrogen-bond donors (Lipinski definition) is 2. The predicted molar refractivity (Wildman–Crippen MR) is 113 cm³/mol. The van der Waals surface area contributed by atoms with Gasteiger partial charge in [0.2, 0.25) is 0 Å². The number of anilines is 2. The number of nitrogens with zero attached hydrogens (tertiary/aromatic N) is 1. The Balaban J connectivity index is 1.62. The summed E-state index contributed by atoms with van der Waals surface area (Å²) in [4.78, 5) is 16.8. The average Bonchev–Trinajstić information content (AvgIpc) is 2.74. The summed E-state index contributed by atoms with van der Waals surface area (Å²) in [5.41, 5.74) is 4.41. The number of amides is 1. The molecule has 3 rings (SSSR count). The Morgan fingerprint density at radius 3 is 2.57 bits per heavy atom. The van der Waals surface area contributed by atoms with E-state index in [1.807, 2.05) is 54.6 Å². The molecule has 0 radical (unpaired) electrons. The number of carbonyl (C=O) groups is 1. The number of nitrogens with one attached hydrogen (secondary N) is 2. The molecule has 5 heteroatoms. The van der Waals surface area contributed by atoms with Crippen molar-refractivity contribution in [3.8, 4) is 5.75 Å². The summed E-state index contributed by atoms with van der Waals surface area (Å²) in [6.45, 7) is 2.78. The molecule has 144 valence electrons. The van der Waals surface area contributed by atoms with E-state index in [9.17, 15) is 4.79 Å². The standard InChI is InChI=1S/C23H25N3O2/c1-3-17-8-4-6-10-21(17)26-23(27)19-14-20(16-24-15-19)25-13-12-18-9-5-7-11-22(18)28-2/h4-11,14-16,25H,3,12-13H2,1-2H3,(H,26,27). The predicted octanol–water partition coefficient (Wildman–Crippen LogP) is 4.56. The first-order valence-corrected chi connectivity index (χ1v) is 9.41. The van der Waals surface area contributed by atoms with Crippen LogP contribution in [0.1, 0.15) is 28.4 Å². The molecule has 0 aliphatic carbocycles. The second-order valence-corrected chi connectivity index (χ2v) is 6.42. The number of carbonyl (C=O) groups excluding carboxylic acids is 1. The van der Waals surface area contributed by atoms with Crippen LogP contribution in [0.5, 0.6) is 5.75 Å². The minimum atomic E-state index is -0.165. The summed E-state index contributed by atoms with van der Waals surface area (Å²) >= 11 is 0. The van der Waals surface area contributed by atoms with Crippen molar-refractivity contribution in [3.05, 3.63) is 83.7 Å². The number of ether oxygens (including phenoxy) is 1. The van der Waals surface area contributed by atoms with Crippen LogP contribution in [0.4, 0.5) is 11.4 Å². The fourth-order valence-electron chi connectivity index (χ4n) is 3.06. The second-order valence-electron chi connectivity index (χ2n) is 6.42. The number of hydrogen-bond acceptors (Lipinski definition) is 4. The van der Waals surface area contributed by atoms with Crippen molar-refractivity contribution in [1.82, 2.24) is 4.98 Å². The van der Waals surface area contributed by atoms with Crippen LogP contribution in [0.2, 0.25) is 0 Å². The summed E-state index contributed by atoms with van der Waals surface area (Å²) in [5, 5.41) is 6.31. The van der Waals surface area contributed by atoms with E-state index in [1.54, 1.807) is 19.5 Å². The zero-order chi connectivity index (χ0) is 19.8. The van der Waals surface area contributed by atoms with Gasteiger partial charge in [0.1, 0.15) is 5.75 Å². The van der Waals surface area contributed by atoms with E-state index < -0.39 is 0 Å². The molecule has 0 aliphatic heterocycles. The number of rotatable bonds is 8. The zero-order valence-electron chi connectivity index (χ0n) is 16.2. The molecule has 0 spiro atoms. The fraction of sp³-hybridized carbons (Fsp3) is 0.217. The van der Waals surface area contributed by atoms with Gasteiger partial charge in [-0.05, 0) is 42.2 Å². The lowest BCUT2D eigenvalue weighted by Gasteiger charge is -2.12. The summed E-state index contributed by atoms with van der Waals surface area (Å²) in [6, 6.07) is 17.6. The lowest BCUT2D eigenvalue weighted by molar-refractivity contribution is 0.102. The van der Waals surface area contributed by atoms with Crippen molar-refractivity contribution in [1.29, 1.82) is 0 Å². The van der Waals surface area contributed by atoms with Gasteiger partial charge >= 0.3 is 0 Å². The monoisotopic (exact) mass is 375 g/mol. The van der Waals surface area contributed by atoms with Crippen LogP contribution in [0.3, 0.4) is 0 Å². The minimum absolute atomic E-state index is 0.165. The Kier molecular flexibility index (Phi) is 6.63. The molecule has 0 saturated carbocycles. The number of aromatic nitrogens is 1. The molecule has 5 nitrogen and oxygen atoms in total. The van der Waals surface area contributed by atoms with Gasteiger partial charge in [0, 0.05) is 24.6 Å². The highest BCUT2D eigenvalue weighted by Gasteiger charge is 2.10. The minimum Gasteiger partial charge on any atom is -0.496 e. The number of aryl methyl sites for hydroxylation is 1. The van der Waals surface area contributed by atoms with Crippen LogP contribution in [0.25, 0.3) is 0 Å². The molecular weight excluding hydrogens is 350 g/mol. The molecule has 0 unspecified atom stereocenters. The van der Waals surface area contributed by atoms with Gasteiger partial charge in [0.25, 0.3) is 5.91 Å². The van der Waals surface area contributed by atoms with Crippen LogP contribution in [-0.4, -0.2) is 24.5 Å². The van der Waals surface area contributed by atoms with Crippen molar-refractivity contribution in [2.75, 3.05) is 24.3 Å². The van der Waals surface area contributed by atoms with Crippen molar-refractivity contribution in [2.45, 2.75) is 19.8 Å². The Morgan fingerprint density at radius 1 is 1.04 bits per heavy atom. The van der Waals surface area contributed by atoms with E-state index in [-0.39, 0.29) is 5.91 Å². The molecule has 2 N–H and O–H groups in total. The smallest absolute Gasteiger partial charge is 0.257 e. The first-order chi connectivity index (χ1) is 13.7. The van der Waals surface area contributed by atoms with E-state index in [1.165, 1.54) is 0 Å². The maximum absolute atomic E-state index is 12.6. The van der Waals surface area contributed by atoms with Crippen molar-refractivity contribution in [2.24, 2.45) is 0 Å².